The number of allylic oxidation sites excluding steroid dienone is 3. The number of nitrogens with zero attached hydrogens (tertiary/aromatic N) is 2. The predicted molar refractivity (Wildman–Crippen MR) is 86.4 cm³/mol. The normalized spacial score (nSPS) is 19.3. The van der Waals surface area contributed by atoms with Crippen molar-refractivity contribution in [2.24, 2.45) is 5.92 Å². The summed E-state index contributed by atoms with van der Waals surface area (Å²) in [5.74, 6) is -0.971. The van der Waals surface area contributed by atoms with Crippen LogP contribution >= 0.6 is 0 Å². The van der Waals surface area contributed by atoms with E-state index in [1.54, 1.807) is 18.5 Å². The third-order valence-electron chi connectivity index (χ3n) is 3.73. The van der Waals surface area contributed by atoms with Crippen LogP contribution in [0.25, 0.3) is 0 Å². The summed E-state index contributed by atoms with van der Waals surface area (Å²) in [6.45, 7) is 6.88. The number of carboxylic acids is 1. The molecule has 1 N–H and O–H groups in total. The molecule has 0 bridgehead atoms. The zero-order chi connectivity index (χ0) is 17.0. The molecule has 0 unspecified atom stereocenters. The Morgan fingerprint density at radius 1 is 1.22 bits per heavy atom. The van der Waals surface area contributed by atoms with Gasteiger partial charge in [0.15, 0.2) is 0 Å². The third kappa shape index (κ3) is 4.87. The van der Waals surface area contributed by atoms with Gasteiger partial charge in [-0.05, 0) is 51.8 Å². The summed E-state index contributed by atoms with van der Waals surface area (Å²) >= 11 is 0. The number of amides is 1. The van der Waals surface area contributed by atoms with Gasteiger partial charge in [-0.25, -0.2) is 4.79 Å². The molecule has 0 saturated carbocycles. The lowest BCUT2D eigenvalue weighted by Crippen LogP contribution is -2.35. The number of carboxylic acid groups (broad SMARTS) is 1. The van der Waals surface area contributed by atoms with Crippen molar-refractivity contribution in [1.82, 2.24) is 9.80 Å². The smallest absolute Gasteiger partial charge is 0.418 e. The summed E-state index contributed by atoms with van der Waals surface area (Å²) in [7, 11) is 0. The molecule has 2 rings (SSSR count). The van der Waals surface area contributed by atoms with E-state index < -0.39 is 17.7 Å². The molecule has 1 saturated heterocycles. The van der Waals surface area contributed by atoms with E-state index >= 15 is 0 Å². The number of aliphatic carboxylic acids is 1. The van der Waals surface area contributed by atoms with Crippen molar-refractivity contribution in [3.05, 3.63) is 36.3 Å². The Balaban J connectivity index is 1.96. The van der Waals surface area contributed by atoms with Crippen LogP contribution in [0.15, 0.2) is 36.3 Å². The zero-order valence-corrected chi connectivity index (χ0v) is 13.9. The molecule has 2 heterocycles. The van der Waals surface area contributed by atoms with Gasteiger partial charge in [-0.3, -0.25) is 9.69 Å². The molecular formula is C17H24N2O4. The minimum absolute atomic E-state index is 0.254. The maximum absolute atomic E-state index is 12.1. The molecule has 1 fully saturated rings. The van der Waals surface area contributed by atoms with Gasteiger partial charge in [0.25, 0.3) is 0 Å². The fraction of sp³-hybridized carbons (Fsp3) is 0.529. The fourth-order valence-corrected chi connectivity index (χ4v) is 2.53. The SMILES string of the molecule is CC(C)(C)OC(=O)N1C=CC=C(N2CCC(C(=O)O)CC2)C=C1. The van der Waals surface area contributed by atoms with Gasteiger partial charge in [0.1, 0.15) is 5.60 Å². The lowest BCUT2D eigenvalue weighted by Gasteiger charge is -2.32. The Bertz CT molecular complexity index is 549. The van der Waals surface area contributed by atoms with Gasteiger partial charge < -0.3 is 14.7 Å². The highest BCUT2D eigenvalue weighted by Gasteiger charge is 2.25. The summed E-state index contributed by atoms with van der Waals surface area (Å²) in [6, 6.07) is 0. The number of ether oxygens (including phenoxy) is 1. The van der Waals surface area contributed by atoms with Gasteiger partial charge in [0.2, 0.25) is 0 Å². The van der Waals surface area contributed by atoms with Gasteiger partial charge in [-0.2, -0.15) is 0 Å². The van der Waals surface area contributed by atoms with Crippen molar-refractivity contribution in [2.75, 3.05) is 13.1 Å². The van der Waals surface area contributed by atoms with Crippen molar-refractivity contribution in [3.8, 4) is 0 Å². The Kier molecular flexibility index (Phi) is 5.13. The first-order chi connectivity index (χ1) is 10.8. The molecule has 0 aromatic carbocycles. The highest BCUT2D eigenvalue weighted by Crippen LogP contribution is 2.22. The van der Waals surface area contributed by atoms with E-state index in [2.05, 4.69) is 4.90 Å². The van der Waals surface area contributed by atoms with Crippen LogP contribution in [0.2, 0.25) is 0 Å². The first-order valence-electron chi connectivity index (χ1n) is 7.82. The summed E-state index contributed by atoms with van der Waals surface area (Å²) in [4.78, 5) is 26.6. The Labute approximate surface area is 136 Å². The Morgan fingerprint density at radius 2 is 1.87 bits per heavy atom. The molecule has 2 aliphatic heterocycles. The van der Waals surface area contributed by atoms with Crippen molar-refractivity contribution in [3.63, 3.8) is 0 Å². The van der Waals surface area contributed by atoms with Gasteiger partial charge >= 0.3 is 12.1 Å². The summed E-state index contributed by atoms with van der Waals surface area (Å²) in [5.41, 5.74) is 0.427. The number of carbonyl (C=O) groups is 2. The quantitative estimate of drug-likeness (QED) is 0.847. The summed E-state index contributed by atoms with van der Waals surface area (Å²) < 4.78 is 5.34. The van der Waals surface area contributed by atoms with Crippen molar-refractivity contribution >= 4 is 12.1 Å². The predicted octanol–water partition coefficient (Wildman–Crippen LogP) is 2.95. The lowest BCUT2D eigenvalue weighted by molar-refractivity contribution is -0.143. The van der Waals surface area contributed by atoms with E-state index in [1.165, 1.54) is 4.90 Å². The molecule has 0 aromatic heterocycles. The number of hydrogen-bond acceptors (Lipinski definition) is 4. The molecule has 0 atom stereocenters. The fourth-order valence-electron chi connectivity index (χ4n) is 2.53. The third-order valence-corrected chi connectivity index (χ3v) is 3.73. The molecular weight excluding hydrogens is 296 g/mol. The average Bonchev–Trinajstić information content (AvgIpc) is 2.71. The summed E-state index contributed by atoms with van der Waals surface area (Å²) in [5, 5.41) is 9.05. The van der Waals surface area contributed by atoms with E-state index in [0.29, 0.717) is 25.9 Å². The van der Waals surface area contributed by atoms with Crippen molar-refractivity contribution in [1.29, 1.82) is 0 Å². The molecule has 0 aliphatic carbocycles. The molecule has 0 radical (unpaired) electrons. The average molecular weight is 320 g/mol. The van der Waals surface area contributed by atoms with E-state index in [1.807, 2.05) is 32.9 Å². The van der Waals surface area contributed by atoms with Crippen molar-refractivity contribution < 1.29 is 19.4 Å². The van der Waals surface area contributed by atoms with Gasteiger partial charge in [0, 0.05) is 31.2 Å². The van der Waals surface area contributed by atoms with Crippen LogP contribution < -0.4 is 0 Å². The van der Waals surface area contributed by atoms with E-state index in [0.717, 1.165) is 5.70 Å². The van der Waals surface area contributed by atoms with E-state index in [-0.39, 0.29) is 5.92 Å². The molecule has 0 spiro atoms. The molecule has 6 heteroatoms. The van der Waals surface area contributed by atoms with Crippen LogP contribution in [-0.2, 0) is 9.53 Å². The minimum atomic E-state index is -0.717. The van der Waals surface area contributed by atoms with Crippen LogP contribution in [0.4, 0.5) is 4.79 Å². The standard InChI is InChI=1S/C17H24N2O4/c1-17(2,3)23-16(22)19-9-4-5-14(8-12-19)18-10-6-13(7-11-18)15(20)21/h4-5,8-9,12-13H,6-7,10-11H2,1-3H3,(H,20,21). The zero-order valence-electron chi connectivity index (χ0n) is 13.9. The first-order valence-corrected chi connectivity index (χ1v) is 7.82. The second kappa shape index (κ2) is 6.89. The number of carbonyl (C=O) groups excluding carboxylic acids is 1. The Hall–Kier alpha value is -2.24. The molecule has 0 aromatic rings. The van der Waals surface area contributed by atoms with Crippen LogP contribution in [0.5, 0.6) is 0 Å². The summed E-state index contributed by atoms with van der Waals surface area (Å²) in [6.07, 6.45) is 9.74. The molecule has 2 aliphatic rings. The van der Waals surface area contributed by atoms with Crippen LogP contribution in [0, 0.1) is 5.92 Å². The number of piperidine rings is 1. The van der Waals surface area contributed by atoms with E-state index in [9.17, 15) is 9.59 Å². The first kappa shape index (κ1) is 17.1. The number of hydrogen-bond donors (Lipinski definition) is 1. The maximum Gasteiger partial charge on any atom is 0.418 e. The maximum atomic E-state index is 12.1. The highest BCUT2D eigenvalue weighted by atomic mass is 16.6. The molecule has 126 valence electrons. The van der Waals surface area contributed by atoms with E-state index in [4.69, 9.17) is 9.84 Å². The lowest BCUT2D eigenvalue weighted by atomic mass is 9.97. The van der Waals surface area contributed by atoms with Crippen LogP contribution in [0.1, 0.15) is 33.6 Å². The minimum Gasteiger partial charge on any atom is -0.481 e. The molecule has 23 heavy (non-hydrogen) atoms. The van der Waals surface area contributed by atoms with Crippen LogP contribution in [0.3, 0.4) is 0 Å². The second-order valence-corrected chi connectivity index (χ2v) is 6.74. The number of likely N-dealkylation sites (tertiary alicyclic amines) is 1. The second-order valence-electron chi connectivity index (χ2n) is 6.74. The van der Waals surface area contributed by atoms with Crippen LogP contribution in [-0.4, -0.2) is 45.7 Å². The molecule has 6 nitrogen and oxygen atoms in total. The highest BCUT2D eigenvalue weighted by molar-refractivity contribution is 5.71. The molecule has 1 amide bonds. The topological polar surface area (TPSA) is 70.1 Å². The van der Waals surface area contributed by atoms with Gasteiger partial charge in [-0.1, -0.05) is 0 Å². The largest absolute Gasteiger partial charge is 0.481 e. The monoisotopic (exact) mass is 320 g/mol. The Morgan fingerprint density at radius 3 is 2.43 bits per heavy atom. The van der Waals surface area contributed by atoms with Gasteiger partial charge in [0.05, 0.1) is 5.92 Å². The van der Waals surface area contributed by atoms with Gasteiger partial charge in [-0.15, -0.1) is 0 Å². The number of rotatable bonds is 2. The van der Waals surface area contributed by atoms with Crippen molar-refractivity contribution in [2.45, 2.75) is 39.2 Å².